The predicted octanol–water partition coefficient (Wildman–Crippen LogP) is 2.22. The minimum Gasteiger partial charge on any atom is -0.398 e. The lowest BCUT2D eigenvalue weighted by Crippen LogP contribution is -1.99. The molecule has 0 fully saturated rings. The zero-order valence-corrected chi connectivity index (χ0v) is 11.3. The molecule has 0 saturated heterocycles. The van der Waals surface area contributed by atoms with Gasteiger partial charge in [0.1, 0.15) is 5.03 Å². The minimum absolute atomic E-state index is 0.227. The SMILES string of the molecule is CS(=O)(=O)c1ccc(Sc2ccccn2)c(N)c1. The van der Waals surface area contributed by atoms with Crippen molar-refractivity contribution < 1.29 is 8.42 Å². The summed E-state index contributed by atoms with van der Waals surface area (Å²) in [5, 5.41) is 0.816. The fraction of sp³-hybridized carbons (Fsp3) is 0.0833. The first-order valence-electron chi connectivity index (χ1n) is 5.15. The summed E-state index contributed by atoms with van der Waals surface area (Å²) in [5.41, 5.74) is 6.29. The highest BCUT2D eigenvalue weighted by atomic mass is 32.2. The molecule has 94 valence electrons. The van der Waals surface area contributed by atoms with Crippen LogP contribution < -0.4 is 5.73 Å². The summed E-state index contributed by atoms with van der Waals surface area (Å²) in [4.78, 5) is 5.20. The van der Waals surface area contributed by atoms with Gasteiger partial charge in [-0.3, -0.25) is 0 Å². The van der Waals surface area contributed by atoms with Crippen molar-refractivity contribution in [1.29, 1.82) is 0 Å². The van der Waals surface area contributed by atoms with Gasteiger partial charge in [-0.15, -0.1) is 0 Å². The van der Waals surface area contributed by atoms with Crippen LogP contribution in [0.4, 0.5) is 5.69 Å². The first-order chi connectivity index (χ1) is 8.47. The summed E-state index contributed by atoms with van der Waals surface area (Å²) in [6.07, 6.45) is 2.86. The van der Waals surface area contributed by atoms with Crippen LogP contribution in [0.1, 0.15) is 0 Å². The van der Waals surface area contributed by atoms with Gasteiger partial charge < -0.3 is 5.73 Å². The molecule has 0 aliphatic heterocycles. The Morgan fingerprint density at radius 3 is 2.56 bits per heavy atom. The van der Waals surface area contributed by atoms with E-state index in [-0.39, 0.29) is 4.90 Å². The van der Waals surface area contributed by atoms with Crippen molar-refractivity contribution in [3.05, 3.63) is 42.6 Å². The molecule has 1 aromatic heterocycles. The van der Waals surface area contributed by atoms with Crippen molar-refractivity contribution in [2.24, 2.45) is 0 Å². The second-order valence-electron chi connectivity index (χ2n) is 3.74. The van der Waals surface area contributed by atoms with Crippen molar-refractivity contribution >= 4 is 27.3 Å². The number of sulfone groups is 1. The molecule has 0 atom stereocenters. The lowest BCUT2D eigenvalue weighted by Gasteiger charge is -2.06. The molecule has 1 heterocycles. The van der Waals surface area contributed by atoms with Crippen molar-refractivity contribution in [3.63, 3.8) is 0 Å². The number of benzene rings is 1. The molecule has 0 aliphatic carbocycles. The highest BCUT2D eigenvalue weighted by molar-refractivity contribution is 7.99. The third-order valence-electron chi connectivity index (χ3n) is 2.26. The van der Waals surface area contributed by atoms with Crippen LogP contribution in [0.3, 0.4) is 0 Å². The normalized spacial score (nSPS) is 11.4. The molecule has 0 bridgehead atoms. The van der Waals surface area contributed by atoms with Crippen LogP contribution in [0.25, 0.3) is 0 Å². The lowest BCUT2D eigenvalue weighted by molar-refractivity contribution is 0.602. The van der Waals surface area contributed by atoms with E-state index in [0.29, 0.717) is 5.69 Å². The van der Waals surface area contributed by atoms with E-state index < -0.39 is 9.84 Å². The molecule has 1 aromatic carbocycles. The Balaban J connectivity index is 2.32. The largest absolute Gasteiger partial charge is 0.398 e. The summed E-state index contributed by atoms with van der Waals surface area (Å²) >= 11 is 1.40. The summed E-state index contributed by atoms with van der Waals surface area (Å²) in [5.74, 6) is 0. The second-order valence-corrected chi connectivity index (χ2v) is 6.82. The topological polar surface area (TPSA) is 73.0 Å². The maximum Gasteiger partial charge on any atom is 0.175 e. The van der Waals surface area contributed by atoms with Gasteiger partial charge in [0, 0.05) is 23.0 Å². The Kier molecular flexibility index (Phi) is 3.58. The highest BCUT2D eigenvalue weighted by Crippen LogP contribution is 2.31. The van der Waals surface area contributed by atoms with E-state index in [1.807, 2.05) is 18.2 Å². The summed E-state index contributed by atoms with van der Waals surface area (Å²) in [6, 6.07) is 10.3. The third kappa shape index (κ3) is 3.02. The third-order valence-corrected chi connectivity index (χ3v) is 4.41. The first kappa shape index (κ1) is 12.9. The molecule has 2 aromatic rings. The molecule has 6 heteroatoms. The van der Waals surface area contributed by atoms with Gasteiger partial charge in [-0.1, -0.05) is 17.8 Å². The van der Waals surface area contributed by atoms with Gasteiger partial charge in [0.15, 0.2) is 9.84 Å². The average Bonchev–Trinajstić information content (AvgIpc) is 2.32. The van der Waals surface area contributed by atoms with Crippen LogP contribution in [-0.4, -0.2) is 19.7 Å². The fourth-order valence-corrected chi connectivity index (χ4v) is 2.82. The van der Waals surface area contributed by atoms with Gasteiger partial charge in [-0.25, -0.2) is 13.4 Å². The van der Waals surface area contributed by atoms with Gasteiger partial charge in [0.25, 0.3) is 0 Å². The zero-order chi connectivity index (χ0) is 13.2. The monoisotopic (exact) mass is 280 g/mol. The van der Waals surface area contributed by atoms with Crippen molar-refractivity contribution in [3.8, 4) is 0 Å². The standard InChI is InChI=1S/C12H12N2O2S2/c1-18(15,16)9-5-6-11(10(13)8-9)17-12-4-2-3-7-14-12/h2-8H,13H2,1H3. The van der Waals surface area contributed by atoms with Gasteiger partial charge in [0.05, 0.1) is 4.90 Å². The number of nitrogens with two attached hydrogens (primary N) is 1. The van der Waals surface area contributed by atoms with E-state index in [2.05, 4.69) is 4.98 Å². The smallest absolute Gasteiger partial charge is 0.175 e. The summed E-state index contributed by atoms with van der Waals surface area (Å²) in [6.45, 7) is 0. The molecular formula is C12H12N2O2S2. The van der Waals surface area contributed by atoms with Gasteiger partial charge in [-0.05, 0) is 30.3 Å². The Labute approximate surface area is 110 Å². The molecule has 2 N–H and O–H groups in total. The average molecular weight is 280 g/mol. The number of pyridine rings is 1. The van der Waals surface area contributed by atoms with E-state index in [1.54, 1.807) is 18.3 Å². The summed E-state index contributed by atoms with van der Waals surface area (Å²) in [7, 11) is -3.22. The summed E-state index contributed by atoms with van der Waals surface area (Å²) < 4.78 is 22.8. The van der Waals surface area contributed by atoms with E-state index in [0.717, 1.165) is 16.2 Å². The first-order valence-corrected chi connectivity index (χ1v) is 7.86. The predicted molar refractivity (Wildman–Crippen MR) is 72.3 cm³/mol. The van der Waals surface area contributed by atoms with Crippen LogP contribution in [0, 0.1) is 0 Å². The van der Waals surface area contributed by atoms with E-state index in [9.17, 15) is 8.42 Å². The van der Waals surface area contributed by atoms with Gasteiger partial charge in [-0.2, -0.15) is 0 Å². The van der Waals surface area contributed by atoms with Crippen LogP contribution in [0.15, 0.2) is 57.4 Å². The van der Waals surface area contributed by atoms with E-state index in [1.165, 1.54) is 17.8 Å². The number of nitrogens with zero attached hydrogens (tertiary/aromatic N) is 1. The molecule has 2 rings (SSSR count). The fourth-order valence-electron chi connectivity index (χ4n) is 1.37. The highest BCUT2D eigenvalue weighted by Gasteiger charge is 2.10. The van der Waals surface area contributed by atoms with E-state index >= 15 is 0 Å². The van der Waals surface area contributed by atoms with Crippen LogP contribution in [0.2, 0.25) is 0 Å². The molecule has 0 amide bonds. The van der Waals surface area contributed by atoms with Crippen molar-refractivity contribution in [2.75, 3.05) is 12.0 Å². The minimum atomic E-state index is -3.22. The Morgan fingerprint density at radius 2 is 2.00 bits per heavy atom. The number of hydrogen-bond donors (Lipinski definition) is 1. The van der Waals surface area contributed by atoms with Gasteiger partial charge in [0.2, 0.25) is 0 Å². The molecule has 18 heavy (non-hydrogen) atoms. The Hall–Kier alpha value is -1.53. The molecule has 0 aliphatic rings. The molecule has 0 spiro atoms. The number of rotatable bonds is 3. The Bertz CT molecular complexity index is 655. The van der Waals surface area contributed by atoms with Crippen LogP contribution in [0.5, 0.6) is 0 Å². The van der Waals surface area contributed by atoms with Crippen molar-refractivity contribution in [1.82, 2.24) is 4.98 Å². The molecule has 4 nitrogen and oxygen atoms in total. The zero-order valence-electron chi connectivity index (χ0n) is 9.70. The van der Waals surface area contributed by atoms with E-state index in [4.69, 9.17) is 5.73 Å². The number of hydrogen-bond acceptors (Lipinski definition) is 5. The molecule has 0 radical (unpaired) electrons. The van der Waals surface area contributed by atoms with Gasteiger partial charge >= 0.3 is 0 Å². The maximum absolute atomic E-state index is 11.4. The van der Waals surface area contributed by atoms with Crippen molar-refractivity contribution in [2.45, 2.75) is 14.8 Å². The molecule has 0 saturated carbocycles. The number of aromatic nitrogens is 1. The number of nitrogen functional groups attached to an aromatic ring is 1. The van der Waals surface area contributed by atoms with Crippen LogP contribution >= 0.6 is 11.8 Å². The Morgan fingerprint density at radius 1 is 1.22 bits per heavy atom. The quantitative estimate of drug-likeness (QED) is 0.873. The maximum atomic E-state index is 11.4. The van der Waals surface area contributed by atoms with Crippen LogP contribution in [-0.2, 0) is 9.84 Å². The molecular weight excluding hydrogens is 268 g/mol. The molecule has 0 unspecified atom stereocenters. The number of anilines is 1. The second kappa shape index (κ2) is 4.99. The lowest BCUT2D eigenvalue weighted by atomic mass is 10.3.